The summed E-state index contributed by atoms with van der Waals surface area (Å²) in [5.74, 6) is 0.193. The predicted octanol–water partition coefficient (Wildman–Crippen LogP) is 1.96. The van der Waals surface area contributed by atoms with Crippen molar-refractivity contribution in [1.82, 2.24) is 9.55 Å². The monoisotopic (exact) mass is 252 g/mol. The molecule has 2 aromatic heterocycles. The molecule has 0 aliphatic rings. The summed E-state index contributed by atoms with van der Waals surface area (Å²) >= 11 is 1.42. The van der Waals surface area contributed by atoms with Gasteiger partial charge in [0.25, 0.3) is 5.56 Å². The Bertz CT molecular complexity index is 586. The maximum Gasteiger partial charge on any atom is 0.271 e. The third-order valence-corrected chi connectivity index (χ3v) is 4.07. The van der Waals surface area contributed by atoms with Crippen LogP contribution in [0.25, 0.3) is 10.2 Å². The maximum absolute atomic E-state index is 12.3. The molecule has 2 aromatic rings. The molecule has 0 aliphatic heterocycles. The minimum absolute atomic E-state index is 0.0465. The Hall–Kier alpha value is -1.20. The lowest BCUT2D eigenvalue weighted by Crippen LogP contribution is -2.30. The summed E-state index contributed by atoms with van der Waals surface area (Å²) in [6.45, 7) is 5.87. The Kier molecular flexibility index (Phi) is 3.31. The van der Waals surface area contributed by atoms with Gasteiger partial charge in [-0.15, -0.1) is 11.3 Å². The van der Waals surface area contributed by atoms with E-state index in [9.17, 15) is 9.90 Å². The lowest BCUT2D eigenvalue weighted by atomic mass is 10.1. The van der Waals surface area contributed by atoms with Crippen LogP contribution >= 0.6 is 11.3 Å². The first-order valence-corrected chi connectivity index (χ1v) is 6.50. The van der Waals surface area contributed by atoms with Gasteiger partial charge in [0, 0.05) is 0 Å². The fourth-order valence-corrected chi connectivity index (χ4v) is 2.83. The second-order valence-electron chi connectivity index (χ2n) is 4.55. The Balaban J connectivity index is 2.64. The third kappa shape index (κ3) is 2.00. The number of aromatic nitrogens is 2. The highest BCUT2D eigenvalue weighted by Crippen LogP contribution is 2.21. The van der Waals surface area contributed by atoms with Gasteiger partial charge in [-0.1, -0.05) is 13.8 Å². The molecule has 0 spiro atoms. The number of aliphatic hydroxyl groups excluding tert-OH is 1. The molecule has 2 rings (SSSR count). The Morgan fingerprint density at radius 2 is 2.24 bits per heavy atom. The van der Waals surface area contributed by atoms with Crippen LogP contribution < -0.4 is 5.56 Å². The fraction of sp³-hybridized carbons (Fsp3) is 0.500. The summed E-state index contributed by atoms with van der Waals surface area (Å²) in [6, 6.07) is -0.207. The Morgan fingerprint density at radius 1 is 1.53 bits per heavy atom. The first-order chi connectivity index (χ1) is 8.06. The molecule has 0 aliphatic carbocycles. The number of aliphatic hydroxyl groups is 1. The van der Waals surface area contributed by atoms with Gasteiger partial charge in [-0.25, -0.2) is 4.98 Å². The van der Waals surface area contributed by atoms with Gasteiger partial charge in [0.05, 0.1) is 24.5 Å². The number of aryl methyl sites for hydroxylation is 1. The van der Waals surface area contributed by atoms with Crippen molar-refractivity contribution in [2.45, 2.75) is 26.8 Å². The first-order valence-electron chi connectivity index (χ1n) is 5.62. The molecule has 0 saturated heterocycles. The maximum atomic E-state index is 12.3. The van der Waals surface area contributed by atoms with Crippen LogP contribution in [0, 0.1) is 12.8 Å². The van der Waals surface area contributed by atoms with Crippen molar-refractivity contribution in [3.8, 4) is 0 Å². The summed E-state index contributed by atoms with van der Waals surface area (Å²) in [5.41, 5.74) is 1.75. The molecule has 0 unspecified atom stereocenters. The SMILES string of the molecule is Cc1csc2c(=O)n([C@@H](CO)C(C)C)cnc12. The lowest BCUT2D eigenvalue weighted by Gasteiger charge is -2.20. The second kappa shape index (κ2) is 4.58. The molecular formula is C12H16N2O2S. The van der Waals surface area contributed by atoms with E-state index < -0.39 is 0 Å². The highest BCUT2D eigenvalue weighted by molar-refractivity contribution is 7.17. The molecule has 0 aromatic carbocycles. The van der Waals surface area contributed by atoms with Crippen molar-refractivity contribution in [1.29, 1.82) is 0 Å². The zero-order valence-electron chi connectivity index (χ0n) is 10.2. The summed E-state index contributed by atoms with van der Waals surface area (Å²) in [5, 5.41) is 11.3. The van der Waals surface area contributed by atoms with Crippen LogP contribution in [-0.2, 0) is 0 Å². The van der Waals surface area contributed by atoms with Crippen molar-refractivity contribution >= 4 is 21.6 Å². The van der Waals surface area contributed by atoms with E-state index in [1.807, 2.05) is 26.2 Å². The van der Waals surface area contributed by atoms with Gasteiger partial charge in [-0.3, -0.25) is 9.36 Å². The first kappa shape index (κ1) is 12.3. The molecule has 0 fully saturated rings. The minimum Gasteiger partial charge on any atom is -0.394 e. The molecule has 17 heavy (non-hydrogen) atoms. The molecule has 0 amide bonds. The number of hydrogen-bond acceptors (Lipinski definition) is 4. The van der Waals surface area contributed by atoms with E-state index in [2.05, 4.69) is 4.98 Å². The molecule has 0 radical (unpaired) electrons. The van der Waals surface area contributed by atoms with E-state index in [1.54, 1.807) is 10.9 Å². The zero-order chi connectivity index (χ0) is 12.6. The summed E-state index contributed by atoms with van der Waals surface area (Å²) in [6.07, 6.45) is 1.55. The smallest absolute Gasteiger partial charge is 0.271 e. The average Bonchev–Trinajstić information content (AvgIpc) is 2.65. The zero-order valence-corrected chi connectivity index (χ0v) is 11.0. The van der Waals surface area contributed by atoms with Crippen molar-refractivity contribution in [3.05, 3.63) is 27.6 Å². The lowest BCUT2D eigenvalue weighted by molar-refractivity contribution is 0.189. The highest BCUT2D eigenvalue weighted by atomic mass is 32.1. The Morgan fingerprint density at radius 3 is 2.82 bits per heavy atom. The van der Waals surface area contributed by atoms with Crippen molar-refractivity contribution in [3.63, 3.8) is 0 Å². The van der Waals surface area contributed by atoms with Crippen LogP contribution in [0.2, 0.25) is 0 Å². The van der Waals surface area contributed by atoms with E-state index in [-0.39, 0.29) is 24.1 Å². The number of rotatable bonds is 3. The van der Waals surface area contributed by atoms with Crippen LogP contribution in [0.5, 0.6) is 0 Å². The Labute approximate surface area is 104 Å². The van der Waals surface area contributed by atoms with Gasteiger partial charge in [0.2, 0.25) is 0 Å². The number of thiophene rings is 1. The molecule has 2 heterocycles. The molecule has 1 N–H and O–H groups in total. The molecule has 4 nitrogen and oxygen atoms in total. The standard InChI is InChI=1S/C12H16N2O2S/c1-7(2)9(4-15)14-6-13-10-8(3)5-17-11(10)12(14)16/h5-7,9,15H,4H2,1-3H3/t9-/m0/s1. The number of nitrogens with zero attached hydrogens (tertiary/aromatic N) is 2. The largest absolute Gasteiger partial charge is 0.394 e. The van der Waals surface area contributed by atoms with Gasteiger partial charge in [-0.05, 0) is 23.8 Å². The minimum atomic E-state index is -0.207. The molecule has 1 atom stereocenters. The molecule has 5 heteroatoms. The van der Waals surface area contributed by atoms with Crippen molar-refractivity contribution in [2.24, 2.45) is 5.92 Å². The normalized spacial score (nSPS) is 13.5. The van der Waals surface area contributed by atoms with Gasteiger partial charge < -0.3 is 5.11 Å². The predicted molar refractivity (Wildman–Crippen MR) is 69.6 cm³/mol. The van der Waals surface area contributed by atoms with Crippen molar-refractivity contribution in [2.75, 3.05) is 6.61 Å². The molecule has 92 valence electrons. The topological polar surface area (TPSA) is 55.1 Å². The van der Waals surface area contributed by atoms with Crippen LogP contribution in [0.15, 0.2) is 16.5 Å². The number of fused-ring (bicyclic) bond motifs is 1. The number of hydrogen-bond donors (Lipinski definition) is 1. The van der Waals surface area contributed by atoms with Crippen LogP contribution in [-0.4, -0.2) is 21.3 Å². The molecule has 0 saturated carbocycles. The van der Waals surface area contributed by atoms with Crippen LogP contribution in [0.1, 0.15) is 25.5 Å². The van der Waals surface area contributed by atoms with Gasteiger partial charge in [0.1, 0.15) is 4.70 Å². The third-order valence-electron chi connectivity index (χ3n) is 3.00. The highest BCUT2D eigenvalue weighted by Gasteiger charge is 2.18. The van der Waals surface area contributed by atoms with Crippen LogP contribution in [0.4, 0.5) is 0 Å². The summed E-state index contributed by atoms with van der Waals surface area (Å²) in [7, 11) is 0. The van der Waals surface area contributed by atoms with E-state index in [1.165, 1.54) is 11.3 Å². The quantitative estimate of drug-likeness (QED) is 0.908. The summed E-state index contributed by atoms with van der Waals surface area (Å²) < 4.78 is 2.22. The molecular weight excluding hydrogens is 236 g/mol. The molecule has 0 bridgehead atoms. The van der Waals surface area contributed by atoms with E-state index >= 15 is 0 Å². The second-order valence-corrected chi connectivity index (χ2v) is 5.43. The summed E-state index contributed by atoms with van der Waals surface area (Å²) in [4.78, 5) is 16.6. The van der Waals surface area contributed by atoms with Crippen molar-refractivity contribution < 1.29 is 5.11 Å². The van der Waals surface area contributed by atoms with E-state index in [4.69, 9.17) is 0 Å². The van der Waals surface area contributed by atoms with E-state index in [0.717, 1.165) is 11.1 Å². The van der Waals surface area contributed by atoms with Gasteiger partial charge in [0.15, 0.2) is 0 Å². The fourth-order valence-electron chi connectivity index (χ4n) is 1.90. The van der Waals surface area contributed by atoms with Crippen LogP contribution in [0.3, 0.4) is 0 Å². The van der Waals surface area contributed by atoms with Gasteiger partial charge in [-0.2, -0.15) is 0 Å². The average molecular weight is 252 g/mol. The van der Waals surface area contributed by atoms with Gasteiger partial charge >= 0.3 is 0 Å². The van der Waals surface area contributed by atoms with E-state index in [0.29, 0.717) is 4.70 Å².